The molecule has 5 aliphatic rings. The van der Waals surface area contributed by atoms with E-state index in [1.807, 2.05) is 13.8 Å². The van der Waals surface area contributed by atoms with Gasteiger partial charge in [-0.3, -0.25) is 4.79 Å². The molecule has 7 heteroatoms. The summed E-state index contributed by atoms with van der Waals surface area (Å²) in [7, 11) is 0. The molecule has 1 aliphatic heterocycles. The number of halogens is 2. The molecule has 4 fully saturated rings. The molecule has 0 spiro atoms. The third-order valence-corrected chi connectivity index (χ3v) is 10.5. The largest absolute Gasteiger partial charge is 0.390 e. The lowest BCUT2D eigenvalue weighted by Crippen LogP contribution is -2.68. The van der Waals surface area contributed by atoms with Crippen LogP contribution in [0.1, 0.15) is 59.3 Å². The summed E-state index contributed by atoms with van der Waals surface area (Å²) in [6.45, 7) is 5.90. The standard InChI is InChI=1S/C24H32F2O4S/c1-4-5-20-29-19-11-17-16-7-6-14-10-15(27)8-9-21(14,2)23(16,26)18(28)12-22(17,3)24(19,30-20)31-13-25/h8-10,16-20,28H,4-7,11-13H2,1-3H3/t16-,17-,18-,19+,20+,21-,22-,23-,24-/m0/s1. The zero-order chi connectivity index (χ0) is 22.2. The van der Waals surface area contributed by atoms with Crippen molar-refractivity contribution in [2.45, 2.75) is 88.4 Å². The molecule has 0 unspecified atom stereocenters. The van der Waals surface area contributed by atoms with Gasteiger partial charge in [0.2, 0.25) is 0 Å². The van der Waals surface area contributed by atoms with Crippen LogP contribution in [0.25, 0.3) is 0 Å². The number of aliphatic hydroxyl groups excluding tert-OH is 1. The summed E-state index contributed by atoms with van der Waals surface area (Å²) in [6, 6.07) is -0.613. The molecule has 1 saturated heterocycles. The van der Waals surface area contributed by atoms with E-state index in [1.54, 1.807) is 12.2 Å². The number of fused-ring (bicyclic) bond motifs is 7. The molecule has 0 amide bonds. The molecule has 4 aliphatic carbocycles. The number of rotatable bonds is 4. The molecular formula is C24H32F2O4S. The van der Waals surface area contributed by atoms with E-state index in [1.165, 1.54) is 6.08 Å². The number of carbonyl (C=O) groups is 1. The third kappa shape index (κ3) is 2.61. The van der Waals surface area contributed by atoms with Gasteiger partial charge in [0.05, 0.1) is 6.10 Å². The molecule has 0 aromatic heterocycles. The minimum atomic E-state index is -1.89. The van der Waals surface area contributed by atoms with Gasteiger partial charge in [0, 0.05) is 16.7 Å². The lowest BCUT2D eigenvalue weighted by molar-refractivity contribution is -0.217. The van der Waals surface area contributed by atoms with Gasteiger partial charge >= 0.3 is 0 Å². The second kappa shape index (κ2) is 7.12. The third-order valence-electron chi connectivity index (χ3n) is 9.14. The van der Waals surface area contributed by atoms with Gasteiger partial charge in [0.1, 0.15) is 12.1 Å². The van der Waals surface area contributed by atoms with Crippen molar-refractivity contribution in [3.8, 4) is 0 Å². The highest BCUT2D eigenvalue weighted by atomic mass is 32.2. The van der Waals surface area contributed by atoms with Crippen molar-refractivity contribution >= 4 is 17.5 Å². The number of ketones is 1. The molecule has 0 radical (unpaired) electrons. The zero-order valence-electron chi connectivity index (χ0n) is 18.4. The first-order chi connectivity index (χ1) is 14.7. The number of hydrogen-bond donors (Lipinski definition) is 1. The van der Waals surface area contributed by atoms with E-state index >= 15 is 4.39 Å². The fourth-order valence-electron chi connectivity index (χ4n) is 7.65. The lowest BCUT2D eigenvalue weighted by atomic mass is 9.45. The predicted octanol–water partition coefficient (Wildman–Crippen LogP) is 4.87. The monoisotopic (exact) mass is 454 g/mol. The van der Waals surface area contributed by atoms with Gasteiger partial charge in [-0.25, -0.2) is 8.78 Å². The molecule has 3 saturated carbocycles. The summed E-state index contributed by atoms with van der Waals surface area (Å²) in [6.07, 6.45) is 6.28. The maximum Gasteiger partial charge on any atom is 0.178 e. The van der Waals surface area contributed by atoms with Crippen LogP contribution < -0.4 is 0 Å². The zero-order valence-corrected chi connectivity index (χ0v) is 19.2. The van der Waals surface area contributed by atoms with E-state index in [9.17, 15) is 14.3 Å². The van der Waals surface area contributed by atoms with Gasteiger partial charge < -0.3 is 14.6 Å². The van der Waals surface area contributed by atoms with Crippen LogP contribution in [0.4, 0.5) is 8.78 Å². The average molecular weight is 455 g/mol. The summed E-state index contributed by atoms with van der Waals surface area (Å²) >= 11 is 1.12. The van der Waals surface area contributed by atoms with Crippen molar-refractivity contribution in [1.82, 2.24) is 0 Å². The van der Waals surface area contributed by atoms with Gasteiger partial charge in [-0.2, -0.15) is 0 Å². The van der Waals surface area contributed by atoms with Crippen molar-refractivity contribution in [1.29, 1.82) is 0 Å². The number of ether oxygens (including phenoxy) is 2. The Morgan fingerprint density at radius 3 is 2.81 bits per heavy atom. The van der Waals surface area contributed by atoms with Crippen LogP contribution in [0.15, 0.2) is 23.8 Å². The average Bonchev–Trinajstić information content (AvgIpc) is 3.16. The highest BCUT2D eigenvalue weighted by molar-refractivity contribution is 8.00. The molecule has 1 N–H and O–H groups in total. The smallest absolute Gasteiger partial charge is 0.178 e. The van der Waals surface area contributed by atoms with Gasteiger partial charge in [-0.15, -0.1) is 0 Å². The number of hydrogen-bond acceptors (Lipinski definition) is 5. The molecule has 4 nitrogen and oxygen atoms in total. The minimum absolute atomic E-state index is 0.100. The van der Waals surface area contributed by atoms with Gasteiger partial charge in [0.15, 0.2) is 22.7 Å². The molecule has 0 aromatic carbocycles. The molecule has 31 heavy (non-hydrogen) atoms. The molecule has 172 valence electrons. The number of aliphatic hydroxyl groups is 1. The summed E-state index contributed by atoms with van der Waals surface area (Å²) < 4.78 is 43.6. The number of carbonyl (C=O) groups excluding carboxylic acids is 1. The van der Waals surface area contributed by atoms with Crippen molar-refractivity contribution in [2.75, 3.05) is 6.01 Å². The van der Waals surface area contributed by atoms with Crippen molar-refractivity contribution < 1.29 is 28.2 Å². The fourth-order valence-corrected chi connectivity index (χ4v) is 8.89. The van der Waals surface area contributed by atoms with E-state index in [0.29, 0.717) is 19.3 Å². The first kappa shape index (κ1) is 22.1. The van der Waals surface area contributed by atoms with E-state index < -0.39 is 39.5 Å². The van der Waals surface area contributed by atoms with Crippen LogP contribution >= 0.6 is 11.8 Å². The molecule has 0 bridgehead atoms. The summed E-state index contributed by atoms with van der Waals surface area (Å²) in [5.41, 5.74) is -2.75. The second-order valence-corrected chi connectivity index (χ2v) is 11.5. The highest BCUT2D eigenvalue weighted by Crippen LogP contribution is 2.73. The Balaban J connectivity index is 1.56. The topological polar surface area (TPSA) is 55.8 Å². The van der Waals surface area contributed by atoms with E-state index in [4.69, 9.17) is 9.47 Å². The summed E-state index contributed by atoms with van der Waals surface area (Å²) in [4.78, 5) is 11.0. The van der Waals surface area contributed by atoms with Crippen LogP contribution in [-0.2, 0) is 14.3 Å². The molecule has 9 atom stereocenters. The SMILES string of the molecule is CCC[C@@H]1O[C@@H]2C[C@H]3[C@@H]4CCC5=CC(=O)C=C[C@]5(C)[C@@]4(F)[C@@H](O)C[C@]3(C)[C@]2(SCF)O1. The maximum atomic E-state index is 17.1. The highest BCUT2D eigenvalue weighted by Gasteiger charge is 2.77. The fraction of sp³-hybridized carbons (Fsp3) is 0.792. The Morgan fingerprint density at radius 1 is 1.32 bits per heavy atom. The number of allylic oxidation sites excluding steroid dienone is 4. The molecule has 0 aromatic rings. The van der Waals surface area contributed by atoms with E-state index in [2.05, 4.69) is 6.92 Å². The number of thioether (sulfide) groups is 1. The van der Waals surface area contributed by atoms with Crippen molar-refractivity contribution in [3.63, 3.8) is 0 Å². The van der Waals surface area contributed by atoms with Crippen LogP contribution in [0.2, 0.25) is 0 Å². The summed E-state index contributed by atoms with van der Waals surface area (Å²) in [5, 5.41) is 11.4. The van der Waals surface area contributed by atoms with Crippen LogP contribution in [-0.4, -0.2) is 46.0 Å². The van der Waals surface area contributed by atoms with E-state index in [-0.39, 0.29) is 30.5 Å². The van der Waals surface area contributed by atoms with Crippen molar-refractivity contribution in [2.24, 2.45) is 22.7 Å². The minimum Gasteiger partial charge on any atom is -0.390 e. The molecule has 5 rings (SSSR count). The summed E-state index contributed by atoms with van der Waals surface area (Å²) in [5.74, 6) is -0.639. The Bertz CT molecular complexity index is 847. The molecule has 1 heterocycles. The van der Waals surface area contributed by atoms with Gasteiger partial charge in [-0.05, 0) is 57.1 Å². The Kier molecular flexibility index (Phi) is 5.06. The van der Waals surface area contributed by atoms with Crippen molar-refractivity contribution in [3.05, 3.63) is 23.8 Å². The predicted molar refractivity (Wildman–Crippen MR) is 115 cm³/mol. The normalized spacial score (nSPS) is 52.9. The van der Waals surface area contributed by atoms with E-state index in [0.717, 1.165) is 30.2 Å². The van der Waals surface area contributed by atoms with Gasteiger partial charge in [0.25, 0.3) is 0 Å². The first-order valence-electron chi connectivity index (χ1n) is 11.5. The quantitative estimate of drug-likeness (QED) is 0.657. The van der Waals surface area contributed by atoms with Crippen LogP contribution in [0.3, 0.4) is 0 Å². The van der Waals surface area contributed by atoms with Gasteiger partial charge in [-0.1, -0.05) is 43.7 Å². The first-order valence-corrected chi connectivity index (χ1v) is 12.5. The second-order valence-electron chi connectivity index (χ2n) is 10.4. The number of alkyl halides is 2. The molecular weight excluding hydrogens is 422 g/mol. The van der Waals surface area contributed by atoms with Crippen LogP contribution in [0.5, 0.6) is 0 Å². The maximum absolute atomic E-state index is 17.1. The van der Waals surface area contributed by atoms with Crippen LogP contribution in [0, 0.1) is 22.7 Å². The Labute approximate surface area is 186 Å². The Hall–Kier alpha value is -0.760. The lowest BCUT2D eigenvalue weighted by Gasteiger charge is -2.62. The Morgan fingerprint density at radius 2 is 2.10 bits per heavy atom.